The molecule has 2 aromatic carbocycles. The number of carbonyl (C=O) groups excluding carboxylic acids is 1. The quantitative estimate of drug-likeness (QED) is 0.622. The molecule has 140 valence electrons. The van der Waals surface area contributed by atoms with Gasteiger partial charge >= 0.3 is 0 Å². The lowest BCUT2D eigenvalue weighted by atomic mass is 10.1. The fourth-order valence-corrected chi connectivity index (χ4v) is 2.93. The van der Waals surface area contributed by atoms with Crippen molar-refractivity contribution in [3.05, 3.63) is 83.2 Å². The molecule has 0 bridgehead atoms. The number of nitrogens with zero attached hydrogens (tertiary/aromatic N) is 2. The highest BCUT2D eigenvalue weighted by Crippen LogP contribution is 2.13. The van der Waals surface area contributed by atoms with Crippen LogP contribution in [0.15, 0.2) is 60.8 Å². The van der Waals surface area contributed by atoms with Gasteiger partial charge in [-0.2, -0.15) is 5.10 Å². The summed E-state index contributed by atoms with van der Waals surface area (Å²) in [5, 5.41) is 7.33. The average Bonchev–Trinajstić information content (AvgIpc) is 3.10. The zero-order valence-electron chi connectivity index (χ0n) is 15.8. The smallest absolute Gasteiger partial charge is 0.254 e. The monoisotopic (exact) mass is 363 g/mol. The number of amides is 1. The van der Waals surface area contributed by atoms with Crippen LogP contribution < -0.4 is 10.1 Å². The minimum absolute atomic E-state index is 0.112. The van der Waals surface area contributed by atoms with Crippen LogP contribution >= 0.6 is 0 Å². The van der Waals surface area contributed by atoms with Gasteiger partial charge in [-0.3, -0.25) is 9.48 Å². The van der Waals surface area contributed by atoms with Crippen molar-refractivity contribution < 1.29 is 9.53 Å². The molecule has 1 N–H and O–H groups in total. The van der Waals surface area contributed by atoms with E-state index in [4.69, 9.17) is 4.74 Å². The van der Waals surface area contributed by atoms with E-state index < -0.39 is 0 Å². The van der Waals surface area contributed by atoms with E-state index in [2.05, 4.69) is 22.5 Å². The molecule has 0 saturated carbocycles. The van der Waals surface area contributed by atoms with E-state index in [1.54, 1.807) is 6.20 Å². The van der Waals surface area contributed by atoms with Crippen LogP contribution in [-0.2, 0) is 13.0 Å². The lowest BCUT2D eigenvalue weighted by Crippen LogP contribution is -2.28. The summed E-state index contributed by atoms with van der Waals surface area (Å²) in [4.78, 5) is 12.5. The second-order valence-electron chi connectivity index (χ2n) is 6.42. The summed E-state index contributed by atoms with van der Waals surface area (Å²) < 4.78 is 7.55. The zero-order valence-corrected chi connectivity index (χ0v) is 15.8. The number of hydrogen-bond donors (Lipinski definition) is 1. The Kier molecular flexibility index (Phi) is 6.26. The first kappa shape index (κ1) is 18.7. The highest BCUT2D eigenvalue weighted by molar-refractivity contribution is 5.95. The first-order chi connectivity index (χ1) is 13.2. The van der Waals surface area contributed by atoms with Crippen LogP contribution in [0.25, 0.3) is 0 Å². The van der Waals surface area contributed by atoms with Crippen molar-refractivity contribution in [3.8, 4) is 5.75 Å². The van der Waals surface area contributed by atoms with E-state index in [9.17, 15) is 4.79 Å². The topological polar surface area (TPSA) is 56.1 Å². The second kappa shape index (κ2) is 9.03. The van der Waals surface area contributed by atoms with Crippen LogP contribution in [0.1, 0.15) is 34.1 Å². The maximum Gasteiger partial charge on any atom is 0.254 e. The Morgan fingerprint density at radius 2 is 1.85 bits per heavy atom. The van der Waals surface area contributed by atoms with Crippen LogP contribution in [0, 0.1) is 6.92 Å². The molecule has 3 aromatic rings. The zero-order chi connectivity index (χ0) is 19.1. The van der Waals surface area contributed by atoms with Gasteiger partial charge < -0.3 is 10.1 Å². The maximum absolute atomic E-state index is 12.5. The van der Waals surface area contributed by atoms with Crippen molar-refractivity contribution in [1.82, 2.24) is 15.1 Å². The summed E-state index contributed by atoms with van der Waals surface area (Å²) in [5.41, 5.74) is 3.92. The lowest BCUT2D eigenvalue weighted by Gasteiger charge is -2.10. The van der Waals surface area contributed by atoms with Gasteiger partial charge in [0.1, 0.15) is 12.4 Å². The Balaban J connectivity index is 1.55. The molecule has 3 rings (SSSR count). The number of rotatable bonds is 8. The van der Waals surface area contributed by atoms with Gasteiger partial charge in [0.2, 0.25) is 0 Å². The van der Waals surface area contributed by atoms with E-state index in [0.717, 1.165) is 23.4 Å². The van der Waals surface area contributed by atoms with Crippen molar-refractivity contribution in [1.29, 1.82) is 0 Å². The predicted molar refractivity (Wildman–Crippen MR) is 106 cm³/mol. The molecule has 1 heterocycles. The number of carbonyl (C=O) groups is 1. The van der Waals surface area contributed by atoms with Crippen LogP contribution in [0.5, 0.6) is 5.75 Å². The van der Waals surface area contributed by atoms with Crippen LogP contribution in [0.2, 0.25) is 0 Å². The Morgan fingerprint density at radius 3 is 2.56 bits per heavy atom. The maximum atomic E-state index is 12.5. The van der Waals surface area contributed by atoms with Gasteiger partial charge in [-0.15, -0.1) is 0 Å². The number of hydrogen-bond acceptors (Lipinski definition) is 3. The first-order valence-electron chi connectivity index (χ1n) is 9.23. The molecule has 0 fully saturated rings. The molecule has 0 spiro atoms. The summed E-state index contributed by atoms with van der Waals surface area (Å²) in [5.74, 6) is 0.693. The molecule has 0 radical (unpaired) electrons. The molecular formula is C22H25N3O2. The normalized spacial score (nSPS) is 10.6. The summed E-state index contributed by atoms with van der Waals surface area (Å²) in [6, 6.07) is 18.0. The molecule has 0 aliphatic rings. The van der Waals surface area contributed by atoms with Gasteiger partial charge in [0.25, 0.3) is 5.91 Å². The fourth-order valence-electron chi connectivity index (χ4n) is 2.93. The third kappa shape index (κ3) is 4.97. The highest BCUT2D eigenvalue weighted by atomic mass is 16.5. The third-order valence-corrected chi connectivity index (χ3v) is 4.38. The first-order valence-corrected chi connectivity index (χ1v) is 9.23. The molecule has 5 nitrogen and oxygen atoms in total. The minimum atomic E-state index is -0.112. The molecule has 0 unspecified atom stereocenters. The molecule has 0 atom stereocenters. The average molecular weight is 363 g/mol. The van der Waals surface area contributed by atoms with Gasteiger partial charge in [0.15, 0.2) is 0 Å². The van der Waals surface area contributed by atoms with Gasteiger partial charge in [-0.05, 0) is 31.0 Å². The summed E-state index contributed by atoms with van der Waals surface area (Å²) >= 11 is 0. The van der Waals surface area contributed by atoms with Crippen LogP contribution in [0.4, 0.5) is 0 Å². The Hall–Kier alpha value is -3.08. The van der Waals surface area contributed by atoms with Crippen molar-refractivity contribution in [2.75, 3.05) is 13.2 Å². The SMILES string of the molecule is CCc1c(C(=O)NCCOc2ccc(C)cc2)cnn1Cc1ccccc1. The predicted octanol–water partition coefficient (Wildman–Crippen LogP) is 3.61. The lowest BCUT2D eigenvalue weighted by molar-refractivity contribution is 0.0946. The molecule has 1 aromatic heterocycles. The van der Waals surface area contributed by atoms with Gasteiger partial charge in [-0.1, -0.05) is 55.0 Å². The standard InChI is InChI=1S/C22H25N3O2/c1-3-21-20(15-24-25(21)16-18-7-5-4-6-8-18)22(26)23-13-14-27-19-11-9-17(2)10-12-19/h4-12,15H,3,13-14,16H2,1-2H3,(H,23,26). The fraction of sp³-hybridized carbons (Fsp3) is 0.273. The molecular weight excluding hydrogens is 338 g/mol. The van der Waals surface area contributed by atoms with E-state index in [1.165, 1.54) is 5.56 Å². The number of nitrogens with one attached hydrogen (secondary N) is 1. The summed E-state index contributed by atoms with van der Waals surface area (Å²) in [6.45, 7) is 5.60. The minimum Gasteiger partial charge on any atom is -0.492 e. The largest absolute Gasteiger partial charge is 0.492 e. The third-order valence-electron chi connectivity index (χ3n) is 4.38. The molecule has 27 heavy (non-hydrogen) atoms. The summed E-state index contributed by atoms with van der Waals surface area (Å²) in [6.07, 6.45) is 2.40. The Bertz CT molecular complexity index is 870. The van der Waals surface area contributed by atoms with Crippen molar-refractivity contribution >= 4 is 5.91 Å². The van der Waals surface area contributed by atoms with E-state index in [1.807, 2.05) is 61.0 Å². The van der Waals surface area contributed by atoms with Crippen molar-refractivity contribution in [2.45, 2.75) is 26.8 Å². The Labute approximate surface area is 160 Å². The number of benzene rings is 2. The number of aromatic nitrogens is 2. The van der Waals surface area contributed by atoms with Crippen LogP contribution in [0.3, 0.4) is 0 Å². The molecule has 5 heteroatoms. The molecule has 0 saturated heterocycles. The summed E-state index contributed by atoms with van der Waals surface area (Å²) in [7, 11) is 0. The Morgan fingerprint density at radius 1 is 1.11 bits per heavy atom. The number of aryl methyl sites for hydroxylation is 1. The van der Waals surface area contributed by atoms with Gasteiger partial charge in [0, 0.05) is 0 Å². The van der Waals surface area contributed by atoms with E-state index >= 15 is 0 Å². The van der Waals surface area contributed by atoms with E-state index in [-0.39, 0.29) is 5.91 Å². The van der Waals surface area contributed by atoms with E-state index in [0.29, 0.717) is 25.3 Å². The van der Waals surface area contributed by atoms with Gasteiger partial charge in [0.05, 0.1) is 30.5 Å². The highest BCUT2D eigenvalue weighted by Gasteiger charge is 2.16. The van der Waals surface area contributed by atoms with Crippen molar-refractivity contribution in [2.24, 2.45) is 0 Å². The molecule has 0 aliphatic heterocycles. The molecule has 1 amide bonds. The molecule has 0 aliphatic carbocycles. The van der Waals surface area contributed by atoms with Crippen molar-refractivity contribution in [3.63, 3.8) is 0 Å². The van der Waals surface area contributed by atoms with Crippen LogP contribution in [-0.4, -0.2) is 28.8 Å². The van der Waals surface area contributed by atoms with Gasteiger partial charge in [-0.25, -0.2) is 0 Å². The second-order valence-corrected chi connectivity index (χ2v) is 6.42. The number of ether oxygens (including phenoxy) is 1.